The number of ether oxygens (including phenoxy) is 1. The van der Waals surface area contributed by atoms with Crippen molar-refractivity contribution in [2.45, 2.75) is 11.4 Å². The van der Waals surface area contributed by atoms with Crippen LogP contribution in [0.4, 0.5) is 0 Å². The van der Waals surface area contributed by atoms with E-state index in [-0.39, 0.29) is 22.9 Å². The van der Waals surface area contributed by atoms with Gasteiger partial charge in [-0.05, 0) is 17.7 Å². The Balaban J connectivity index is 1.82. The summed E-state index contributed by atoms with van der Waals surface area (Å²) in [5, 5.41) is 0. The van der Waals surface area contributed by atoms with Crippen molar-refractivity contribution in [3.8, 4) is 0 Å². The van der Waals surface area contributed by atoms with Crippen LogP contribution in [0.5, 0.6) is 0 Å². The summed E-state index contributed by atoms with van der Waals surface area (Å²) in [4.78, 5) is 14.3. The molecule has 1 heterocycles. The average molecular weight is 360 g/mol. The van der Waals surface area contributed by atoms with Gasteiger partial charge in [0.05, 0.1) is 23.7 Å². The lowest BCUT2D eigenvalue weighted by Gasteiger charge is -2.27. The van der Waals surface area contributed by atoms with Crippen LogP contribution in [0, 0.1) is 0 Å². The smallest absolute Gasteiger partial charge is 0.255 e. The number of nitrogens with one attached hydrogen (secondary N) is 1. The lowest BCUT2D eigenvalue weighted by atomic mass is 10.2. The predicted octanol–water partition coefficient (Wildman–Crippen LogP) is 1.64. The van der Waals surface area contributed by atoms with E-state index in [9.17, 15) is 13.2 Å². The number of carbonyl (C=O) groups is 1. The maximum Gasteiger partial charge on any atom is 0.255 e. The third-order valence-electron chi connectivity index (χ3n) is 4.01. The van der Waals surface area contributed by atoms with E-state index < -0.39 is 10.0 Å². The number of hydrogen-bond acceptors (Lipinski definition) is 4. The van der Waals surface area contributed by atoms with Crippen molar-refractivity contribution in [1.82, 2.24) is 9.62 Å². The lowest BCUT2D eigenvalue weighted by molar-refractivity contribution is 0.0300. The van der Waals surface area contributed by atoms with Crippen LogP contribution in [0.3, 0.4) is 0 Å². The zero-order chi connectivity index (χ0) is 17.7. The molecule has 2 aromatic rings. The summed E-state index contributed by atoms with van der Waals surface area (Å²) in [6, 6.07) is 15.5. The summed E-state index contributed by atoms with van der Waals surface area (Å²) in [5.74, 6) is -0.288. The fourth-order valence-electron chi connectivity index (χ4n) is 2.67. The Morgan fingerprint density at radius 3 is 2.36 bits per heavy atom. The standard InChI is InChI=1S/C18H20N2O4S/c21-18(20-10-12-24-13-11-20)16-8-4-5-9-17(16)25(22,23)19-14-15-6-2-1-3-7-15/h1-9,19H,10-14H2. The molecule has 0 saturated carbocycles. The highest BCUT2D eigenvalue weighted by molar-refractivity contribution is 7.89. The number of sulfonamides is 1. The maximum atomic E-state index is 12.7. The molecular weight excluding hydrogens is 340 g/mol. The number of amides is 1. The molecule has 0 aliphatic carbocycles. The van der Waals surface area contributed by atoms with Crippen molar-refractivity contribution in [3.05, 3.63) is 65.7 Å². The quantitative estimate of drug-likeness (QED) is 0.879. The minimum Gasteiger partial charge on any atom is -0.378 e. The van der Waals surface area contributed by atoms with Gasteiger partial charge in [-0.15, -0.1) is 0 Å². The second-order valence-corrected chi connectivity index (χ2v) is 7.45. The van der Waals surface area contributed by atoms with E-state index in [1.807, 2.05) is 30.3 Å². The maximum absolute atomic E-state index is 12.7. The first-order chi connectivity index (χ1) is 12.1. The third-order valence-corrected chi connectivity index (χ3v) is 5.47. The molecule has 1 amide bonds. The molecule has 3 rings (SSSR count). The van der Waals surface area contributed by atoms with Crippen LogP contribution in [0.2, 0.25) is 0 Å². The molecule has 25 heavy (non-hydrogen) atoms. The van der Waals surface area contributed by atoms with Gasteiger partial charge in [-0.1, -0.05) is 42.5 Å². The van der Waals surface area contributed by atoms with E-state index in [4.69, 9.17) is 4.74 Å². The average Bonchev–Trinajstić information content (AvgIpc) is 2.67. The molecule has 1 saturated heterocycles. The van der Waals surface area contributed by atoms with Crippen LogP contribution in [0.1, 0.15) is 15.9 Å². The molecule has 132 valence electrons. The molecule has 1 aliphatic rings. The van der Waals surface area contributed by atoms with Crippen molar-refractivity contribution >= 4 is 15.9 Å². The fourth-order valence-corrected chi connectivity index (χ4v) is 3.88. The molecule has 0 aromatic heterocycles. The first-order valence-corrected chi connectivity index (χ1v) is 9.56. The minimum absolute atomic E-state index is 0.00224. The first-order valence-electron chi connectivity index (χ1n) is 8.07. The second kappa shape index (κ2) is 7.77. The van der Waals surface area contributed by atoms with Crippen molar-refractivity contribution in [2.24, 2.45) is 0 Å². The zero-order valence-corrected chi connectivity index (χ0v) is 14.5. The van der Waals surface area contributed by atoms with Crippen molar-refractivity contribution in [1.29, 1.82) is 0 Å². The monoisotopic (exact) mass is 360 g/mol. The minimum atomic E-state index is -3.80. The Morgan fingerprint density at radius 2 is 1.64 bits per heavy atom. The van der Waals surface area contributed by atoms with Crippen LogP contribution in [0.25, 0.3) is 0 Å². The highest BCUT2D eigenvalue weighted by Gasteiger charge is 2.26. The van der Waals surface area contributed by atoms with Gasteiger partial charge in [-0.2, -0.15) is 0 Å². The van der Waals surface area contributed by atoms with Crippen molar-refractivity contribution in [3.63, 3.8) is 0 Å². The van der Waals surface area contributed by atoms with Gasteiger partial charge < -0.3 is 9.64 Å². The number of nitrogens with zero attached hydrogens (tertiary/aromatic N) is 1. The van der Waals surface area contributed by atoms with Crippen molar-refractivity contribution < 1.29 is 17.9 Å². The van der Waals surface area contributed by atoms with Gasteiger partial charge in [0.15, 0.2) is 0 Å². The third kappa shape index (κ3) is 4.25. The summed E-state index contributed by atoms with van der Waals surface area (Å²) in [6.45, 7) is 2.03. The van der Waals surface area contributed by atoms with E-state index in [1.54, 1.807) is 23.1 Å². The van der Waals surface area contributed by atoms with E-state index in [0.29, 0.717) is 26.3 Å². The Morgan fingerprint density at radius 1 is 1.00 bits per heavy atom. The first kappa shape index (κ1) is 17.6. The number of carbonyl (C=O) groups excluding carboxylic acids is 1. The molecule has 6 nitrogen and oxygen atoms in total. The van der Waals surface area contributed by atoms with Crippen LogP contribution >= 0.6 is 0 Å². The van der Waals surface area contributed by atoms with E-state index >= 15 is 0 Å². The lowest BCUT2D eigenvalue weighted by Crippen LogP contribution is -2.41. The van der Waals surface area contributed by atoms with E-state index in [1.165, 1.54) is 6.07 Å². The van der Waals surface area contributed by atoms with Gasteiger partial charge >= 0.3 is 0 Å². The molecular formula is C18H20N2O4S. The molecule has 1 fully saturated rings. The SMILES string of the molecule is O=C(c1ccccc1S(=O)(=O)NCc1ccccc1)N1CCOCC1. The molecule has 0 bridgehead atoms. The number of hydrogen-bond donors (Lipinski definition) is 1. The summed E-state index contributed by atoms with van der Waals surface area (Å²) >= 11 is 0. The van der Waals surface area contributed by atoms with Crippen LogP contribution in [0.15, 0.2) is 59.5 Å². The summed E-state index contributed by atoms with van der Waals surface area (Å²) in [5.41, 5.74) is 1.04. The van der Waals surface area contributed by atoms with Crippen LogP contribution in [-0.2, 0) is 21.3 Å². The molecule has 2 aromatic carbocycles. The van der Waals surface area contributed by atoms with Gasteiger partial charge in [-0.25, -0.2) is 13.1 Å². The number of rotatable bonds is 5. The molecule has 0 atom stereocenters. The van der Waals surface area contributed by atoms with Crippen molar-refractivity contribution in [2.75, 3.05) is 26.3 Å². The largest absolute Gasteiger partial charge is 0.378 e. The topological polar surface area (TPSA) is 75.7 Å². The highest BCUT2D eigenvalue weighted by atomic mass is 32.2. The van der Waals surface area contributed by atoms with Gasteiger partial charge in [0, 0.05) is 19.6 Å². The highest BCUT2D eigenvalue weighted by Crippen LogP contribution is 2.18. The van der Waals surface area contributed by atoms with Gasteiger partial charge in [0.25, 0.3) is 5.91 Å². The molecule has 0 spiro atoms. The van der Waals surface area contributed by atoms with Gasteiger partial charge in [0.1, 0.15) is 0 Å². The Bertz CT molecular complexity index is 831. The number of morpholine rings is 1. The normalized spacial score (nSPS) is 15.1. The zero-order valence-electron chi connectivity index (χ0n) is 13.7. The molecule has 7 heteroatoms. The number of benzene rings is 2. The molecule has 1 N–H and O–H groups in total. The van der Waals surface area contributed by atoms with E-state index in [2.05, 4.69) is 4.72 Å². The van der Waals surface area contributed by atoms with E-state index in [0.717, 1.165) is 5.56 Å². The second-order valence-electron chi connectivity index (χ2n) is 5.71. The Labute approximate surface area is 147 Å². The van der Waals surface area contributed by atoms with Crippen LogP contribution in [-0.4, -0.2) is 45.5 Å². The molecule has 0 unspecified atom stereocenters. The predicted molar refractivity (Wildman–Crippen MR) is 93.6 cm³/mol. The van der Waals surface area contributed by atoms with Gasteiger partial charge in [-0.3, -0.25) is 4.79 Å². The summed E-state index contributed by atoms with van der Waals surface area (Å²) < 4.78 is 33.2. The fraction of sp³-hybridized carbons (Fsp3) is 0.278. The van der Waals surface area contributed by atoms with Crippen LogP contribution < -0.4 is 4.72 Å². The van der Waals surface area contributed by atoms with Gasteiger partial charge in [0.2, 0.25) is 10.0 Å². The Hall–Kier alpha value is -2.22. The molecule has 1 aliphatic heterocycles. The summed E-state index contributed by atoms with van der Waals surface area (Å²) in [6.07, 6.45) is 0. The Kier molecular flexibility index (Phi) is 5.47. The summed E-state index contributed by atoms with van der Waals surface area (Å²) in [7, 11) is -3.80. The molecule has 0 radical (unpaired) electrons.